The molecule has 5 nitrogen and oxygen atoms in total. The molecule has 1 amide bonds. The predicted octanol–water partition coefficient (Wildman–Crippen LogP) is 4.46. The largest absolute Gasteiger partial charge is 0.493 e. The molecule has 0 fully saturated rings. The van der Waals surface area contributed by atoms with E-state index >= 15 is 0 Å². The van der Waals surface area contributed by atoms with Crippen molar-refractivity contribution in [3.8, 4) is 11.5 Å². The number of nitrogens with zero attached hydrogens (tertiary/aromatic N) is 2. The molecule has 0 radical (unpaired) electrons. The van der Waals surface area contributed by atoms with Gasteiger partial charge in [-0.05, 0) is 24.6 Å². The first kappa shape index (κ1) is 20.1. The Hall–Kier alpha value is -2.22. The molecule has 8 heteroatoms. The number of aryl methyl sites for hydroxylation is 1. The van der Waals surface area contributed by atoms with E-state index in [-0.39, 0.29) is 23.3 Å². The summed E-state index contributed by atoms with van der Waals surface area (Å²) in [6.07, 6.45) is 0. The zero-order chi connectivity index (χ0) is 19.4. The third kappa shape index (κ3) is 4.69. The summed E-state index contributed by atoms with van der Waals surface area (Å²) >= 11 is 1.40. The second-order valence-corrected chi connectivity index (χ2v) is 7.18. The van der Waals surface area contributed by atoms with Crippen molar-refractivity contribution in [3.05, 3.63) is 39.3 Å². The van der Waals surface area contributed by atoms with Crippen molar-refractivity contribution < 1.29 is 23.0 Å². The summed E-state index contributed by atoms with van der Waals surface area (Å²) in [5, 5.41) is 0.925. The summed E-state index contributed by atoms with van der Waals surface area (Å²) in [7, 11) is 3.06. The third-order valence-electron chi connectivity index (χ3n) is 3.71. The van der Waals surface area contributed by atoms with Crippen LogP contribution in [0.4, 0.5) is 8.78 Å². The fourth-order valence-electron chi connectivity index (χ4n) is 2.39. The van der Waals surface area contributed by atoms with Gasteiger partial charge in [0.1, 0.15) is 4.88 Å². The molecule has 0 aliphatic rings. The maximum atomic E-state index is 12.7. The number of hydrogen-bond donors (Lipinski definition) is 0. The average Bonchev–Trinajstić information content (AvgIpc) is 2.97. The Bertz CT molecular complexity index is 778. The van der Waals surface area contributed by atoms with Gasteiger partial charge in [-0.2, -0.15) is 8.78 Å². The standard InChI is InChI=1S/C18H22F2N2O3S/c1-10(2)16-21-11(3)15(26-16)17(23)22(4)9-12-6-7-13(25-18(19)20)14(8-12)24-5/h6-8,10,18H,9H2,1-5H3. The topological polar surface area (TPSA) is 51.7 Å². The van der Waals surface area contributed by atoms with Crippen LogP contribution in [0.15, 0.2) is 18.2 Å². The number of ether oxygens (including phenoxy) is 2. The molecule has 0 aliphatic heterocycles. The number of rotatable bonds is 7. The maximum absolute atomic E-state index is 12.7. The molecule has 0 bridgehead atoms. The smallest absolute Gasteiger partial charge is 0.387 e. The minimum atomic E-state index is -2.93. The lowest BCUT2D eigenvalue weighted by atomic mass is 10.2. The molecule has 1 aromatic heterocycles. The van der Waals surface area contributed by atoms with Crippen LogP contribution in [0.5, 0.6) is 11.5 Å². The molecule has 0 saturated carbocycles. The number of thiazole rings is 1. The average molecular weight is 384 g/mol. The minimum Gasteiger partial charge on any atom is -0.493 e. The number of halogens is 2. The first-order valence-electron chi connectivity index (χ1n) is 8.07. The number of benzene rings is 1. The quantitative estimate of drug-likeness (QED) is 0.707. The molecule has 0 spiro atoms. The van der Waals surface area contributed by atoms with Gasteiger partial charge >= 0.3 is 6.61 Å². The Morgan fingerprint density at radius 2 is 2.00 bits per heavy atom. The second kappa shape index (κ2) is 8.44. The van der Waals surface area contributed by atoms with Crippen LogP contribution in [-0.2, 0) is 6.54 Å². The number of aromatic nitrogens is 1. The minimum absolute atomic E-state index is 0.0416. The molecule has 0 unspecified atom stereocenters. The van der Waals surface area contributed by atoms with Crippen LogP contribution in [0.3, 0.4) is 0 Å². The highest BCUT2D eigenvalue weighted by Gasteiger charge is 2.21. The van der Waals surface area contributed by atoms with Gasteiger partial charge in [0, 0.05) is 19.5 Å². The van der Waals surface area contributed by atoms with E-state index in [1.54, 1.807) is 24.1 Å². The molecule has 0 saturated heterocycles. The number of carbonyl (C=O) groups is 1. The van der Waals surface area contributed by atoms with Crippen LogP contribution >= 0.6 is 11.3 Å². The van der Waals surface area contributed by atoms with Crippen LogP contribution in [-0.4, -0.2) is 36.6 Å². The van der Waals surface area contributed by atoms with Crippen molar-refractivity contribution in [2.75, 3.05) is 14.2 Å². The number of amides is 1. The van der Waals surface area contributed by atoms with Gasteiger partial charge < -0.3 is 14.4 Å². The predicted molar refractivity (Wildman–Crippen MR) is 96.4 cm³/mol. The van der Waals surface area contributed by atoms with Gasteiger partial charge in [0.2, 0.25) is 0 Å². The van der Waals surface area contributed by atoms with E-state index in [9.17, 15) is 13.6 Å². The molecule has 0 aliphatic carbocycles. The highest BCUT2D eigenvalue weighted by Crippen LogP contribution is 2.30. The van der Waals surface area contributed by atoms with Crippen LogP contribution in [0, 0.1) is 6.92 Å². The van der Waals surface area contributed by atoms with E-state index in [4.69, 9.17) is 4.74 Å². The molecule has 0 atom stereocenters. The highest BCUT2D eigenvalue weighted by atomic mass is 32.1. The normalized spacial score (nSPS) is 11.1. The molecule has 0 N–H and O–H groups in total. The van der Waals surface area contributed by atoms with Gasteiger partial charge in [0.25, 0.3) is 5.91 Å². The fraction of sp³-hybridized carbons (Fsp3) is 0.444. The zero-order valence-corrected chi connectivity index (χ0v) is 16.2. The maximum Gasteiger partial charge on any atom is 0.387 e. The Morgan fingerprint density at radius 1 is 1.31 bits per heavy atom. The number of carbonyl (C=O) groups excluding carboxylic acids is 1. The SMILES string of the molecule is COc1cc(CN(C)C(=O)c2sc(C(C)C)nc2C)ccc1OC(F)F. The molecule has 2 aromatic rings. The van der Waals surface area contributed by atoms with Crippen molar-refractivity contribution in [1.29, 1.82) is 0 Å². The number of hydrogen-bond acceptors (Lipinski definition) is 5. The van der Waals surface area contributed by atoms with Gasteiger partial charge in [-0.1, -0.05) is 19.9 Å². The first-order chi connectivity index (χ1) is 12.2. The van der Waals surface area contributed by atoms with E-state index in [0.717, 1.165) is 10.6 Å². The summed E-state index contributed by atoms with van der Waals surface area (Å²) in [5.41, 5.74) is 1.46. The van der Waals surface area contributed by atoms with Crippen molar-refractivity contribution in [3.63, 3.8) is 0 Å². The first-order valence-corrected chi connectivity index (χ1v) is 8.89. The van der Waals surface area contributed by atoms with Crippen LogP contribution < -0.4 is 9.47 Å². The van der Waals surface area contributed by atoms with E-state index in [2.05, 4.69) is 9.72 Å². The summed E-state index contributed by atoms with van der Waals surface area (Å²) in [4.78, 5) is 19.3. The summed E-state index contributed by atoms with van der Waals surface area (Å²) in [6, 6.07) is 4.62. The Kier molecular flexibility index (Phi) is 6.52. The number of methoxy groups -OCH3 is 1. The van der Waals surface area contributed by atoms with Crippen LogP contribution in [0.1, 0.15) is 45.7 Å². The molecule has 26 heavy (non-hydrogen) atoms. The summed E-state index contributed by atoms with van der Waals surface area (Å²) in [5.74, 6) is 0.288. The van der Waals surface area contributed by atoms with Crippen molar-refractivity contribution in [2.24, 2.45) is 0 Å². The van der Waals surface area contributed by atoms with Crippen molar-refractivity contribution in [2.45, 2.75) is 39.8 Å². The Labute approximate surface area is 155 Å². The van der Waals surface area contributed by atoms with E-state index in [0.29, 0.717) is 17.1 Å². The number of alkyl halides is 2. The summed E-state index contributed by atoms with van der Waals surface area (Å²) < 4.78 is 34.3. The van der Waals surface area contributed by atoms with E-state index in [1.165, 1.54) is 24.5 Å². The molecular weight excluding hydrogens is 362 g/mol. The van der Waals surface area contributed by atoms with Crippen LogP contribution in [0.25, 0.3) is 0 Å². The Morgan fingerprint density at radius 3 is 2.54 bits per heavy atom. The molecule has 2 rings (SSSR count). The fourth-order valence-corrected chi connectivity index (χ4v) is 3.45. The Balaban J connectivity index is 2.16. The van der Waals surface area contributed by atoms with Crippen LogP contribution in [0.2, 0.25) is 0 Å². The zero-order valence-electron chi connectivity index (χ0n) is 15.4. The monoisotopic (exact) mass is 384 g/mol. The molecule has 1 heterocycles. The molecule has 1 aromatic carbocycles. The molecule has 142 valence electrons. The van der Waals surface area contributed by atoms with E-state index in [1.807, 2.05) is 20.8 Å². The second-order valence-electron chi connectivity index (χ2n) is 6.15. The van der Waals surface area contributed by atoms with E-state index < -0.39 is 6.61 Å². The third-order valence-corrected chi connectivity index (χ3v) is 5.16. The van der Waals surface area contributed by atoms with Crippen molar-refractivity contribution in [1.82, 2.24) is 9.88 Å². The van der Waals surface area contributed by atoms with Gasteiger partial charge in [0.05, 0.1) is 17.8 Å². The van der Waals surface area contributed by atoms with Gasteiger partial charge in [-0.25, -0.2) is 4.98 Å². The lowest BCUT2D eigenvalue weighted by molar-refractivity contribution is -0.0512. The lowest BCUT2D eigenvalue weighted by Crippen LogP contribution is -2.26. The highest BCUT2D eigenvalue weighted by molar-refractivity contribution is 7.13. The lowest BCUT2D eigenvalue weighted by Gasteiger charge is -2.18. The van der Waals surface area contributed by atoms with Gasteiger partial charge in [-0.15, -0.1) is 11.3 Å². The van der Waals surface area contributed by atoms with Gasteiger partial charge in [-0.3, -0.25) is 4.79 Å². The molecular formula is C18H22F2N2O3S. The van der Waals surface area contributed by atoms with Crippen molar-refractivity contribution >= 4 is 17.2 Å². The van der Waals surface area contributed by atoms with Gasteiger partial charge in [0.15, 0.2) is 11.5 Å². The summed E-state index contributed by atoms with van der Waals surface area (Å²) in [6.45, 7) is 3.27.